The maximum atomic E-state index is 12.3. The van der Waals surface area contributed by atoms with E-state index in [2.05, 4.69) is 84.9 Å². The van der Waals surface area contributed by atoms with E-state index >= 15 is 0 Å². The highest BCUT2D eigenvalue weighted by Crippen LogP contribution is 2.25. The van der Waals surface area contributed by atoms with Gasteiger partial charge in [0.1, 0.15) is 24.3 Å². The van der Waals surface area contributed by atoms with E-state index in [9.17, 15) is 19.2 Å². The highest BCUT2D eigenvalue weighted by atomic mass is 127. The Morgan fingerprint density at radius 2 is 1.28 bits per heavy atom. The molecule has 2 aromatic rings. The van der Waals surface area contributed by atoms with Gasteiger partial charge in [0.25, 0.3) is 0 Å². The Kier molecular flexibility index (Phi) is 16.5. The van der Waals surface area contributed by atoms with E-state index in [-0.39, 0.29) is 32.3 Å². The maximum Gasteiger partial charge on any atom is 0.410 e. The summed E-state index contributed by atoms with van der Waals surface area (Å²) >= 11 is 9.18. The molecular weight excluding hydrogens is 835 g/mol. The second-order valence-electron chi connectivity index (χ2n) is 12.5. The summed E-state index contributed by atoms with van der Waals surface area (Å²) in [7, 11) is 0. The van der Waals surface area contributed by atoms with Crippen molar-refractivity contribution in [3.05, 3.63) is 60.0 Å². The van der Waals surface area contributed by atoms with Crippen molar-refractivity contribution in [3.63, 3.8) is 0 Å². The van der Waals surface area contributed by atoms with Gasteiger partial charge < -0.3 is 19.7 Å². The van der Waals surface area contributed by atoms with Crippen molar-refractivity contribution >= 4 is 84.1 Å². The van der Waals surface area contributed by atoms with E-state index in [0.717, 1.165) is 15.7 Å². The number of carbonyl (C=O) groups is 4. The molecule has 0 atom stereocenters. The minimum atomic E-state index is -0.555. The van der Waals surface area contributed by atoms with Crippen molar-refractivity contribution in [2.24, 2.45) is 0 Å². The quantitative estimate of drug-likeness (QED) is 0.295. The first-order chi connectivity index (χ1) is 20.8. The molecule has 1 N–H and O–H groups in total. The zero-order chi connectivity index (χ0) is 34.1. The summed E-state index contributed by atoms with van der Waals surface area (Å²) in [6.07, 6.45) is -0.861. The summed E-state index contributed by atoms with van der Waals surface area (Å²) in [4.78, 5) is 51.4. The lowest BCUT2D eigenvalue weighted by Gasteiger charge is -2.35. The van der Waals surface area contributed by atoms with Gasteiger partial charge in [-0.25, -0.2) is 9.59 Å². The molecule has 4 amide bonds. The minimum absolute atomic E-state index is 0. The molecule has 0 spiro atoms. The van der Waals surface area contributed by atoms with E-state index < -0.39 is 23.4 Å². The summed E-state index contributed by atoms with van der Waals surface area (Å²) in [5.74, 6) is -0.235. The Labute approximate surface area is 304 Å². The van der Waals surface area contributed by atoms with Crippen LogP contribution in [0, 0.1) is 17.4 Å². The number of nitrogens with one attached hydrogen (secondary N) is 1. The number of rotatable bonds is 1. The third-order valence-electron chi connectivity index (χ3n) is 6.14. The average molecular weight is 882 g/mol. The fourth-order valence-corrected chi connectivity index (χ4v) is 5.09. The van der Waals surface area contributed by atoms with Crippen LogP contribution in [0.3, 0.4) is 0 Å². The summed E-state index contributed by atoms with van der Waals surface area (Å²) in [6.45, 7) is 17.0. The molecule has 2 saturated heterocycles. The predicted molar refractivity (Wildman–Crippen MR) is 198 cm³/mol. The van der Waals surface area contributed by atoms with Gasteiger partial charge in [-0.3, -0.25) is 19.4 Å². The van der Waals surface area contributed by atoms with Crippen molar-refractivity contribution < 1.29 is 28.7 Å². The number of anilines is 1. The van der Waals surface area contributed by atoms with E-state index in [1.165, 1.54) is 23.4 Å². The molecule has 4 rings (SSSR count). The van der Waals surface area contributed by atoms with Crippen LogP contribution in [0.5, 0.6) is 0 Å². The molecule has 0 unspecified atom stereocenters. The van der Waals surface area contributed by atoms with Gasteiger partial charge in [0.05, 0.1) is 0 Å². The Bertz CT molecular complexity index is 1380. The summed E-state index contributed by atoms with van der Waals surface area (Å²) in [5.41, 5.74) is 2.15. The number of aryl methyl sites for hydroxylation is 2. The van der Waals surface area contributed by atoms with Gasteiger partial charge in [0.2, 0.25) is 11.8 Å². The van der Waals surface area contributed by atoms with Crippen molar-refractivity contribution in [1.82, 2.24) is 15.1 Å². The Morgan fingerprint density at radius 1 is 0.783 bits per heavy atom. The molecule has 256 valence electrons. The third-order valence-corrected chi connectivity index (χ3v) is 8.59. The van der Waals surface area contributed by atoms with Gasteiger partial charge in [-0.2, -0.15) is 0 Å². The molecule has 2 aromatic carbocycles. The molecule has 2 aliphatic heterocycles. The molecule has 0 aliphatic carbocycles. The first-order valence-electron chi connectivity index (χ1n) is 14.5. The monoisotopic (exact) mass is 880 g/mol. The lowest BCUT2D eigenvalue weighted by atomic mass is 10.2. The van der Waals surface area contributed by atoms with E-state index in [0.29, 0.717) is 26.2 Å². The van der Waals surface area contributed by atoms with Crippen molar-refractivity contribution in [1.29, 1.82) is 0 Å². The number of hydrogen-bond donors (Lipinski definition) is 1. The smallest absolute Gasteiger partial charge is 0.410 e. The fourth-order valence-electron chi connectivity index (χ4n) is 3.95. The normalized spacial score (nSPS) is 14.9. The molecule has 2 heterocycles. The number of carbonyl (C=O) groups excluding carboxylic acids is 4. The number of ether oxygens (including phenoxy) is 2. The molecule has 2 fully saturated rings. The van der Waals surface area contributed by atoms with Gasteiger partial charge in [-0.15, -0.1) is 0 Å². The van der Waals surface area contributed by atoms with Gasteiger partial charge in [0, 0.05) is 44.4 Å². The molecular formula is C33H47Br2IN4O6. The van der Waals surface area contributed by atoms with Gasteiger partial charge in [-0.05, 0) is 126 Å². The van der Waals surface area contributed by atoms with Crippen LogP contribution in [0.4, 0.5) is 15.3 Å². The van der Waals surface area contributed by atoms with Gasteiger partial charge >= 0.3 is 12.2 Å². The number of benzene rings is 2. The van der Waals surface area contributed by atoms with Crippen LogP contribution in [0.1, 0.15) is 60.1 Å². The first-order valence-corrected chi connectivity index (χ1v) is 17.1. The van der Waals surface area contributed by atoms with Crippen LogP contribution in [-0.2, 0) is 19.1 Å². The molecule has 0 radical (unpaired) electrons. The van der Waals surface area contributed by atoms with E-state index in [1.54, 1.807) is 25.7 Å². The first kappa shape index (κ1) is 41.6. The molecule has 46 heavy (non-hydrogen) atoms. The van der Waals surface area contributed by atoms with Crippen LogP contribution in [0.15, 0.2) is 45.3 Å². The molecule has 13 heteroatoms. The largest absolute Gasteiger partial charge is 0.444 e. The standard InChI is InChI=1S/C16H21BrN2O3.C9H16N2O3.C7H6BrI.CH4/c1-11-9-12(5-6-13(11)17)19-8-7-18(10-14(19)20)15(21)22-16(2,3)4;1-9(2,3)14-8(13)11-5-4-10-7(12)6-11;1-5-4-6(9)2-3-7(5)8;/h5-6,9H,7-8,10H2,1-4H3;4-6H2,1-3H3,(H,10,12);2-4H,1H3;1H4. The lowest BCUT2D eigenvalue weighted by Crippen LogP contribution is -2.53. The zero-order valence-corrected chi connectivity index (χ0v) is 32.5. The van der Waals surface area contributed by atoms with Crippen LogP contribution in [0.25, 0.3) is 0 Å². The number of piperazine rings is 2. The van der Waals surface area contributed by atoms with Crippen molar-refractivity contribution in [2.75, 3.05) is 44.2 Å². The summed E-state index contributed by atoms with van der Waals surface area (Å²) in [5, 5.41) is 2.64. The lowest BCUT2D eigenvalue weighted by molar-refractivity contribution is -0.124. The highest BCUT2D eigenvalue weighted by Gasteiger charge is 2.31. The fraction of sp³-hybridized carbons (Fsp3) is 0.515. The Morgan fingerprint density at radius 3 is 1.72 bits per heavy atom. The summed E-state index contributed by atoms with van der Waals surface area (Å²) in [6, 6.07) is 12.1. The van der Waals surface area contributed by atoms with Crippen LogP contribution < -0.4 is 10.2 Å². The van der Waals surface area contributed by atoms with E-state index in [4.69, 9.17) is 9.47 Å². The SMILES string of the molecule is C.CC(C)(C)OC(=O)N1CCNC(=O)C1.Cc1cc(I)ccc1Br.Cc1cc(N2CCN(C(=O)OC(C)(C)C)CC2=O)ccc1Br. The third kappa shape index (κ3) is 14.6. The number of halogens is 3. The summed E-state index contributed by atoms with van der Waals surface area (Å²) < 4.78 is 13.9. The van der Waals surface area contributed by atoms with Gasteiger partial charge in [-0.1, -0.05) is 39.3 Å². The van der Waals surface area contributed by atoms with Crippen molar-refractivity contribution in [2.45, 2.75) is 74.0 Å². The van der Waals surface area contributed by atoms with Crippen LogP contribution in [-0.4, -0.2) is 84.3 Å². The van der Waals surface area contributed by atoms with Crippen molar-refractivity contribution in [3.8, 4) is 0 Å². The Hall–Kier alpha value is -2.39. The van der Waals surface area contributed by atoms with Crippen LogP contribution >= 0.6 is 54.5 Å². The second kappa shape index (κ2) is 18.2. The molecule has 10 nitrogen and oxygen atoms in total. The predicted octanol–water partition coefficient (Wildman–Crippen LogP) is 7.69. The number of amides is 4. The zero-order valence-electron chi connectivity index (χ0n) is 27.1. The molecule has 0 saturated carbocycles. The average Bonchev–Trinajstić information content (AvgIpc) is 2.91. The second-order valence-corrected chi connectivity index (χ2v) is 15.5. The maximum absolute atomic E-state index is 12.3. The van der Waals surface area contributed by atoms with Gasteiger partial charge in [0.15, 0.2) is 0 Å². The molecule has 2 aliphatic rings. The number of hydrogen-bond acceptors (Lipinski definition) is 6. The minimum Gasteiger partial charge on any atom is -0.444 e. The van der Waals surface area contributed by atoms with Crippen LogP contribution in [0.2, 0.25) is 0 Å². The molecule has 0 aromatic heterocycles. The van der Waals surface area contributed by atoms with E-state index in [1.807, 2.05) is 45.9 Å². The number of nitrogens with zero attached hydrogens (tertiary/aromatic N) is 3. The molecule has 0 bridgehead atoms. The highest BCUT2D eigenvalue weighted by molar-refractivity contribution is 14.1. The topological polar surface area (TPSA) is 108 Å². The Balaban J connectivity index is 0.000000377.